The fourth-order valence-electron chi connectivity index (χ4n) is 11.4. The van der Waals surface area contributed by atoms with Crippen LogP contribution in [0.2, 0.25) is 0 Å². The third kappa shape index (κ3) is 79.5. The smallest absolute Gasteiger partial charge is 0.0782 e. The van der Waals surface area contributed by atoms with Crippen LogP contribution in [0.15, 0.2) is 48.6 Å². The lowest BCUT2D eigenvalue weighted by molar-refractivity contribution is -0.890. The summed E-state index contributed by atoms with van der Waals surface area (Å²) >= 11 is 0. The van der Waals surface area contributed by atoms with Crippen molar-refractivity contribution in [3.05, 3.63) is 48.6 Å². The van der Waals surface area contributed by atoms with E-state index in [9.17, 15) is 0 Å². The molecule has 0 amide bonds. The van der Waals surface area contributed by atoms with Gasteiger partial charge in [0.2, 0.25) is 0 Å². The fourth-order valence-corrected chi connectivity index (χ4v) is 11.4. The summed E-state index contributed by atoms with van der Waals surface area (Å²) in [5.41, 5.74) is 0. The SMILES string of the molecule is CCCCCCCC/C=C\CCCCCCCC[N+](C)(C)CCCCCCCC/C=C\CCCCCCCC.CCCCCCCC/C=C\CCCCCCCC[N+](C)(C)CCCCCCCC/C=C\CCCCCCCC.[Cl-].[Cl-]. The van der Waals surface area contributed by atoms with Crippen LogP contribution in [0.3, 0.4) is 0 Å². The van der Waals surface area contributed by atoms with E-state index in [0.717, 1.165) is 0 Å². The highest BCUT2D eigenvalue weighted by molar-refractivity contribution is 4.83. The third-order valence-corrected chi connectivity index (χ3v) is 17.1. The van der Waals surface area contributed by atoms with Gasteiger partial charge < -0.3 is 33.8 Å². The van der Waals surface area contributed by atoms with Gasteiger partial charge in [0.15, 0.2) is 0 Å². The zero-order valence-corrected chi connectivity index (χ0v) is 58.2. The molecule has 0 aromatic carbocycles. The Labute approximate surface area is 521 Å². The van der Waals surface area contributed by atoms with Gasteiger partial charge in [0.1, 0.15) is 0 Å². The number of hydrogen-bond donors (Lipinski definition) is 0. The Kier molecular flexibility index (Phi) is 80.1. The van der Waals surface area contributed by atoms with Crippen LogP contribution in [-0.4, -0.2) is 63.3 Å². The monoisotopic (exact) mass is 1160 g/mol. The lowest BCUT2D eigenvalue weighted by atomic mass is 10.1. The molecule has 0 fully saturated rings. The van der Waals surface area contributed by atoms with Crippen molar-refractivity contribution in [3.63, 3.8) is 0 Å². The van der Waals surface area contributed by atoms with Crippen molar-refractivity contribution >= 4 is 0 Å². The molecule has 480 valence electrons. The van der Waals surface area contributed by atoms with E-state index in [1.807, 2.05) is 0 Å². The van der Waals surface area contributed by atoms with Crippen molar-refractivity contribution in [2.24, 2.45) is 0 Å². The predicted octanol–water partition coefficient (Wildman–Crippen LogP) is 20.3. The van der Waals surface area contributed by atoms with Crippen molar-refractivity contribution in [2.75, 3.05) is 54.4 Å². The topological polar surface area (TPSA) is 0 Å². The molecule has 0 saturated heterocycles. The molecule has 0 spiro atoms. The maximum absolute atomic E-state index is 2.45. The minimum Gasteiger partial charge on any atom is -1.00 e. The molecule has 0 atom stereocenters. The number of nitrogens with zero attached hydrogens (tertiary/aromatic N) is 2. The lowest BCUT2D eigenvalue weighted by Gasteiger charge is -2.30. The van der Waals surface area contributed by atoms with Crippen LogP contribution in [0.25, 0.3) is 0 Å². The molecule has 0 rings (SSSR count). The van der Waals surface area contributed by atoms with Gasteiger partial charge >= 0.3 is 0 Å². The summed E-state index contributed by atoms with van der Waals surface area (Å²) in [5, 5.41) is 0. The first kappa shape index (κ1) is 85.9. The molecular formula is C76H152Cl2N2. The summed E-state index contributed by atoms with van der Waals surface area (Å²) in [6, 6.07) is 0. The Morgan fingerprint density at radius 3 is 0.412 bits per heavy atom. The van der Waals surface area contributed by atoms with Gasteiger partial charge in [0.25, 0.3) is 0 Å². The van der Waals surface area contributed by atoms with Gasteiger partial charge in [-0.25, -0.2) is 0 Å². The molecule has 0 unspecified atom stereocenters. The number of rotatable bonds is 64. The molecule has 0 aromatic heterocycles. The average molecular weight is 1160 g/mol. The Balaban J connectivity index is -0.000000704. The molecular weight excluding hydrogens is 1010 g/mol. The molecule has 0 radical (unpaired) electrons. The Bertz CT molecular complexity index is 1020. The predicted molar refractivity (Wildman–Crippen MR) is 361 cm³/mol. The van der Waals surface area contributed by atoms with Gasteiger partial charge in [-0.15, -0.1) is 0 Å². The molecule has 0 aliphatic heterocycles. The molecule has 0 saturated carbocycles. The molecule has 0 heterocycles. The summed E-state index contributed by atoms with van der Waals surface area (Å²) < 4.78 is 2.46. The highest BCUT2D eigenvalue weighted by atomic mass is 35.5. The van der Waals surface area contributed by atoms with Gasteiger partial charge in [0.05, 0.1) is 54.4 Å². The number of hydrogen-bond acceptors (Lipinski definition) is 0. The summed E-state index contributed by atoms with van der Waals surface area (Å²) in [5.74, 6) is 0. The highest BCUT2D eigenvalue weighted by Gasteiger charge is 2.15. The largest absolute Gasteiger partial charge is 1.00 e. The summed E-state index contributed by atoms with van der Waals surface area (Å²) in [7, 11) is 9.81. The Hall–Kier alpha value is -0.540. The van der Waals surface area contributed by atoms with Gasteiger partial charge in [-0.05, 0) is 154 Å². The number of quaternary nitrogens is 2. The molecule has 0 aliphatic carbocycles. The van der Waals surface area contributed by atoms with Crippen LogP contribution >= 0.6 is 0 Å². The lowest BCUT2D eigenvalue weighted by Crippen LogP contribution is -3.00. The number of allylic oxidation sites excluding steroid dienone is 8. The second kappa shape index (κ2) is 74.6. The summed E-state index contributed by atoms with van der Waals surface area (Å²) in [4.78, 5) is 0. The van der Waals surface area contributed by atoms with Gasteiger partial charge in [-0.3, -0.25) is 0 Å². The van der Waals surface area contributed by atoms with Crippen molar-refractivity contribution in [3.8, 4) is 0 Å². The van der Waals surface area contributed by atoms with Crippen molar-refractivity contribution < 1.29 is 33.8 Å². The normalized spacial score (nSPS) is 12.1. The standard InChI is InChI=1S/2C38H76N.2ClH/c2*1-5-7-9-11-13-15-17-19-21-23-25-27-29-31-33-35-37-39(3,4)38-36-34-32-30-28-26-24-22-20-18-16-14-12-10-8-6-2;;/h2*19-22H,5-18,23-38H2,1-4H3;2*1H/q2*+1;;/p-2/b2*21-19-,22-20-;;. The zero-order valence-electron chi connectivity index (χ0n) is 56.7. The molecule has 0 N–H and O–H groups in total. The summed E-state index contributed by atoms with van der Waals surface area (Å²) in [6.45, 7) is 14.7. The van der Waals surface area contributed by atoms with Crippen molar-refractivity contribution in [1.82, 2.24) is 0 Å². The average Bonchev–Trinajstić information content (AvgIpc) is 3.42. The fraction of sp³-hybridized carbons (Fsp3) is 0.895. The van der Waals surface area contributed by atoms with Crippen molar-refractivity contribution in [1.29, 1.82) is 0 Å². The first-order valence-corrected chi connectivity index (χ1v) is 36.5. The number of halogens is 2. The van der Waals surface area contributed by atoms with Gasteiger partial charge in [0, 0.05) is 0 Å². The molecule has 80 heavy (non-hydrogen) atoms. The second-order valence-corrected chi connectivity index (χ2v) is 26.5. The molecule has 4 heteroatoms. The maximum Gasteiger partial charge on any atom is 0.0782 e. The van der Waals surface area contributed by atoms with E-state index >= 15 is 0 Å². The molecule has 2 nitrogen and oxygen atoms in total. The summed E-state index contributed by atoms with van der Waals surface area (Å²) in [6.07, 6.45) is 98.1. The highest BCUT2D eigenvalue weighted by Crippen LogP contribution is 2.17. The Morgan fingerprint density at radius 2 is 0.275 bits per heavy atom. The van der Waals surface area contributed by atoms with Crippen LogP contribution in [0.4, 0.5) is 0 Å². The van der Waals surface area contributed by atoms with Crippen molar-refractivity contribution in [2.45, 2.75) is 387 Å². The van der Waals surface area contributed by atoms with E-state index < -0.39 is 0 Å². The first-order chi connectivity index (χ1) is 38.2. The van der Waals surface area contributed by atoms with E-state index in [2.05, 4.69) is 104 Å². The van der Waals surface area contributed by atoms with Gasteiger partial charge in [-0.1, -0.05) is 282 Å². The van der Waals surface area contributed by atoms with Crippen LogP contribution in [0, 0.1) is 0 Å². The van der Waals surface area contributed by atoms with Crippen LogP contribution < -0.4 is 24.8 Å². The zero-order chi connectivity index (χ0) is 57.1. The number of unbranched alkanes of at least 4 members (excludes halogenated alkanes) is 48. The quantitative estimate of drug-likeness (QED) is 0.0323. The first-order valence-electron chi connectivity index (χ1n) is 36.5. The maximum atomic E-state index is 2.45. The second-order valence-electron chi connectivity index (χ2n) is 26.5. The molecule has 0 bridgehead atoms. The minimum atomic E-state index is 0. The van der Waals surface area contributed by atoms with Crippen LogP contribution in [0.5, 0.6) is 0 Å². The van der Waals surface area contributed by atoms with Crippen LogP contribution in [-0.2, 0) is 0 Å². The van der Waals surface area contributed by atoms with E-state index in [1.165, 1.54) is 395 Å². The van der Waals surface area contributed by atoms with E-state index in [1.54, 1.807) is 0 Å². The molecule has 0 aromatic rings. The van der Waals surface area contributed by atoms with E-state index in [-0.39, 0.29) is 24.8 Å². The minimum absolute atomic E-state index is 0. The molecule has 0 aliphatic rings. The van der Waals surface area contributed by atoms with E-state index in [4.69, 9.17) is 0 Å². The van der Waals surface area contributed by atoms with E-state index in [0.29, 0.717) is 0 Å². The van der Waals surface area contributed by atoms with Crippen LogP contribution in [0.1, 0.15) is 387 Å². The Morgan fingerprint density at radius 1 is 0.163 bits per heavy atom. The third-order valence-electron chi connectivity index (χ3n) is 17.1. The van der Waals surface area contributed by atoms with Gasteiger partial charge in [-0.2, -0.15) is 0 Å².